The zero-order valence-electron chi connectivity index (χ0n) is 11.8. The number of hydrogen-bond donors (Lipinski definition) is 0. The van der Waals surface area contributed by atoms with E-state index in [1.165, 1.54) is 19.4 Å². The molecule has 0 saturated heterocycles. The minimum absolute atomic E-state index is 0.0532. The molecule has 5 heteroatoms. The Hall–Kier alpha value is -2.82. The summed E-state index contributed by atoms with van der Waals surface area (Å²) in [6.45, 7) is 0.0532. The summed E-state index contributed by atoms with van der Waals surface area (Å²) in [4.78, 5) is 11.7. The highest BCUT2D eigenvalue weighted by Crippen LogP contribution is 2.29. The molecule has 0 unspecified atom stereocenters. The van der Waals surface area contributed by atoms with Gasteiger partial charge in [-0.1, -0.05) is 18.2 Å². The van der Waals surface area contributed by atoms with Crippen molar-refractivity contribution in [2.45, 2.75) is 6.61 Å². The fourth-order valence-electron chi connectivity index (χ4n) is 2.16. The van der Waals surface area contributed by atoms with E-state index in [1.807, 2.05) is 0 Å². The number of benzene rings is 2. The Morgan fingerprint density at radius 1 is 1.23 bits per heavy atom. The first kappa shape index (κ1) is 14.1. The molecule has 0 fully saturated rings. The standard InChI is InChI=1S/C17H13FO4/c1-20-17(19)12-8-15-13(6-7-21-15)16(9-12)22-10-11-4-2-3-5-14(11)18/h2-9H,10H2,1H3. The second-order valence-corrected chi connectivity index (χ2v) is 4.68. The summed E-state index contributed by atoms with van der Waals surface area (Å²) in [5.74, 6) is -0.390. The van der Waals surface area contributed by atoms with Crippen LogP contribution in [0.5, 0.6) is 5.75 Å². The van der Waals surface area contributed by atoms with Crippen molar-refractivity contribution in [2.75, 3.05) is 7.11 Å². The molecule has 4 nitrogen and oxygen atoms in total. The molecule has 0 aliphatic carbocycles. The van der Waals surface area contributed by atoms with Crippen LogP contribution in [0.4, 0.5) is 4.39 Å². The average Bonchev–Trinajstić information content (AvgIpc) is 3.01. The molecule has 0 N–H and O–H groups in total. The molecule has 3 rings (SSSR count). The van der Waals surface area contributed by atoms with Gasteiger partial charge < -0.3 is 13.9 Å². The summed E-state index contributed by atoms with van der Waals surface area (Å²) in [5, 5.41) is 0.712. The van der Waals surface area contributed by atoms with E-state index in [1.54, 1.807) is 36.4 Å². The number of halogens is 1. The quantitative estimate of drug-likeness (QED) is 0.685. The Labute approximate surface area is 126 Å². The van der Waals surface area contributed by atoms with Crippen molar-refractivity contribution in [3.8, 4) is 5.75 Å². The van der Waals surface area contributed by atoms with Gasteiger partial charge in [0, 0.05) is 5.56 Å². The summed E-state index contributed by atoms with van der Waals surface area (Å²) in [7, 11) is 1.30. The topological polar surface area (TPSA) is 48.7 Å². The number of hydrogen-bond acceptors (Lipinski definition) is 4. The van der Waals surface area contributed by atoms with E-state index < -0.39 is 5.97 Å². The van der Waals surface area contributed by atoms with Crippen molar-refractivity contribution in [2.24, 2.45) is 0 Å². The molecule has 0 bridgehead atoms. The number of carbonyl (C=O) groups is 1. The van der Waals surface area contributed by atoms with Crippen LogP contribution in [0.2, 0.25) is 0 Å². The van der Waals surface area contributed by atoms with E-state index in [9.17, 15) is 9.18 Å². The van der Waals surface area contributed by atoms with Gasteiger partial charge >= 0.3 is 5.97 Å². The zero-order chi connectivity index (χ0) is 15.5. The summed E-state index contributed by atoms with van der Waals surface area (Å²) in [5.41, 5.74) is 1.25. The predicted octanol–water partition coefficient (Wildman–Crippen LogP) is 3.94. The summed E-state index contributed by atoms with van der Waals surface area (Å²) >= 11 is 0. The number of carbonyl (C=O) groups excluding carboxylic acids is 1. The molecular weight excluding hydrogens is 287 g/mol. The lowest BCUT2D eigenvalue weighted by atomic mass is 10.1. The Morgan fingerprint density at radius 3 is 2.82 bits per heavy atom. The predicted molar refractivity (Wildman–Crippen MR) is 78.3 cm³/mol. The monoisotopic (exact) mass is 300 g/mol. The van der Waals surface area contributed by atoms with Crippen LogP contribution in [0.1, 0.15) is 15.9 Å². The highest BCUT2D eigenvalue weighted by Gasteiger charge is 2.14. The van der Waals surface area contributed by atoms with Gasteiger partial charge in [-0.05, 0) is 24.3 Å². The summed E-state index contributed by atoms with van der Waals surface area (Å²) in [6.07, 6.45) is 1.50. The van der Waals surface area contributed by atoms with Gasteiger partial charge in [0.05, 0.1) is 24.3 Å². The van der Waals surface area contributed by atoms with Gasteiger partial charge in [-0.25, -0.2) is 9.18 Å². The van der Waals surface area contributed by atoms with Gasteiger partial charge in [0.1, 0.15) is 23.8 Å². The van der Waals surface area contributed by atoms with Crippen molar-refractivity contribution in [1.82, 2.24) is 0 Å². The second kappa shape index (κ2) is 5.89. The highest BCUT2D eigenvalue weighted by atomic mass is 19.1. The molecule has 0 radical (unpaired) electrons. The van der Waals surface area contributed by atoms with Crippen molar-refractivity contribution in [3.05, 3.63) is 65.7 Å². The number of esters is 1. The molecule has 0 atom stereocenters. The maximum Gasteiger partial charge on any atom is 0.338 e. The highest BCUT2D eigenvalue weighted by molar-refractivity contribution is 5.96. The Morgan fingerprint density at radius 2 is 2.05 bits per heavy atom. The molecule has 0 saturated carbocycles. The Kier molecular flexibility index (Phi) is 3.78. The van der Waals surface area contributed by atoms with Crippen LogP contribution >= 0.6 is 0 Å². The molecule has 112 valence electrons. The third-order valence-electron chi connectivity index (χ3n) is 3.30. The second-order valence-electron chi connectivity index (χ2n) is 4.68. The first-order valence-electron chi connectivity index (χ1n) is 6.65. The number of ether oxygens (including phenoxy) is 2. The summed E-state index contributed by atoms with van der Waals surface area (Å²) < 4.78 is 29.3. The van der Waals surface area contributed by atoms with Gasteiger partial charge in [0.2, 0.25) is 0 Å². The fourth-order valence-corrected chi connectivity index (χ4v) is 2.16. The lowest BCUT2D eigenvalue weighted by molar-refractivity contribution is 0.0600. The fraction of sp³-hybridized carbons (Fsp3) is 0.118. The van der Waals surface area contributed by atoms with Crippen LogP contribution in [0.3, 0.4) is 0 Å². The minimum atomic E-state index is -0.492. The van der Waals surface area contributed by atoms with E-state index in [0.717, 1.165) is 0 Å². The number of methoxy groups -OCH3 is 1. The SMILES string of the molecule is COC(=O)c1cc(OCc2ccccc2F)c2ccoc2c1. The van der Waals surface area contributed by atoms with Gasteiger partial charge in [0.15, 0.2) is 0 Å². The molecule has 0 amide bonds. The number of fused-ring (bicyclic) bond motifs is 1. The lowest BCUT2D eigenvalue weighted by Gasteiger charge is -2.09. The van der Waals surface area contributed by atoms with E-state index in [2.05, 4.69) is 0 Å². The normalized spacial score (nSPS) is 10.6. The molecule has 1 aromatic heterocycles. The van der Waals surface area contributed by atoms with Crippen molar-refractivity contribution in [1.29, 1.82) is 0 Å². The molecule has 2 aromatic carbocycles. The van der Waals surface area contributed by atoms with Crippen molar-refractivity contribution in [3.63, 3.8) is 0 Å². The average molecular weight is 300 g/mol. The maximum absolute atomic E-state index is 13.6. The molecule has 3 aromatic rings. The van der Waals surface area contributed by atoms with Crippen LogP contribution < -0.4 is 4.74 Å². The van der Waals surface area contributed by atoms with Gasteiger partial charge in [-0.3, -0.25) is 0 Å². The molecule has 0 aliphatic rings. The Balaban J connectivity index is 1.94. The molecule has 0 spiro atoms. The first-order chi connectivity index (χ1) is 10.7. The van der Waals surface area contributed by atoms with E-state index >= 15 is 0 Å². The number of rotatable bonds is 4. The third kappa shape index (κ3) is 2.65. The molecule has 1 heterocycles. The van der Waals surface area contributed by atoms with Gasteiger partial charge in [-0.15, -0.1) is 0 Å². The zero-order valence-corrected chi connectivity index (χ0v) is 11.8. The summed E-state index contributed by atoms with van der Waals surface area (Å²) in [6, 6.07) is 11.2. The van der Waals surface area contributed by atoms with E-state index in [4.69, 9.17) is 13.9 Å². The van der Waals surface area contributed by atoms with Crippen LogP contribution in [0.15, 0.2) is 53.1 Å². The lowest BCUT2D eigenvalue weighted by Crippen LogP contribution is -2.03. The molecule has 22 heavy (non-hydrogen) atoms. The minimum Gasteiger partial charge on any atom is -0.488 e. The Bertz CT molecular complexity index is 822. The largest absolute Gasteiger partial charge is 0.488 e. The number of furan rings is 1. The molecule has 0 aliphatic heterocycles. The van der Waals surface area contributed by atoms with Gasteiger partial charge in [-0.2, -0.15) is 0 Å². The third-order valence-corrected chi connectivity index (χ3v) is 3.30. The van der Waals surface area contributed by atoms with Crippen molar-refractivity contribution < 1.29 is 23.1 Å². The van der Waals surface area contributed by atoms with Crippen molar-refractivity contribution >= 4 is 16.9 Å². The molecular formula is C17H13FO4. The van der Waals surface area contributed by atoms with Crippen LogP contribution in [-0.2, 0) is 11.3 Å². The maximum atomic E-state index is 13.6. The van der Waals surface area contributed by atoms with E-state index in [-0.39, 0.29) is 12.4 Å². The smallest absolute Gasteiger partial charge is 0.338 e. The van der Waals surface area contributed by atoms with Crippen LogP contribution in [0.25, 0.3) is 11.0 Å². The van der Waals surface area contributed by atoms with Crippen LogP contribution in [0, 0.1) is 5.82 Å². The van der Waals surface area contributed by atoms with Crippen LogP contribution in [-0.4, -0.2) is 13.1 Å². The first-order valence-corrected chi connectivity index (χ1v) is 6.65. The van der Waals surface area contributed by atoms with Gasteiger partial charge in [0.25, 0.3) is 0 Å². The van der Waals surface area contributed by atoms with E-state index in [0.29, 0.717) is 27.8 Å².